The molecule has 2 N–H and O–H groups in total. The van der Waals surface area contributed by atoms with Crippen molar-refractivity contribution in [2.75, 3.05) is 5.32 Å². The highest BCUT2D eigenvalue weighted by atomic mass is 15.1. The third-order valence-electron chi connectivity index (χ3n) is 2.59. The Labute approximate surface area is 98.7 Å². The molecule has 0 spiro atoms. The minimum atomic E-state index is 0.878. The molecule has 3 aromatic rings. The highest BCUT2D eigenvalue weighted by Gasteiger charge is 2.05. The molecule has 84 valence electrons. The van der Waals surface area contributed by atoms with Crippen molar-refractivity contribution in [1.82, 2.24) is 15.2 Å². The summed E-state index contributed by atoms with van der Waals surface area (Å²) in [6.45, 7) is 1.97. The van der Waals surface area contributed by atoms with Crippen LogP contribution in [0.2, 0.25) is 0 Å². The maximum absolute atomic E-state index is 4.40. The lowest BCUT2D eigenvalue weighted by atomic mass is 10.2. The summed E-state index contributed by atoms with van der Waals surface area (Å²) in [5.41, 5.74) is 4.82. The minimum absolute atomic E-state index is 0.878. The Morgan fingerprint density at radius 2 is 2.00 bits per heavy atom. The van der Waals surface area contributed by atoms with Gasteiger partial charge in [0.1, 0.15) is 11.0 Å². The van der Waals surface area contributed by atoms with E-state index in [0.29, 0.717) is 0 Å². The van der Waals surface area contributed by atoms with Crippen LogP contribution < -0.4 is 5.32 Å². The number of aromatic amines is 1. The summed E-state index contributed by atoms with van der Waals surface area (Å²) in [5.74, 6) is 0. The Kier molecular flexibility index (Phi) is 2.26. The van der Waals surface area contributed by atoms with Crippen LogP contribution >= 0.6 is 0 Å². The molecule has 4 heteroatoms. The van der Waals surface area contributed by atoms with E-state index in [2.05, 4.69) is 20.5 Å². The van der Waals surface area contributed by atoms with Gasteiger partial charge in [0.25, 0.3) is 0 Å². The van der Waals surface area contributed by atoms with Crippen LogP contribution in [0.25, 0.3) is 11.0 Å². The number of aryl methyl sites for hydroxylation is 1. The van der Waals surface area contributed by atoms with Crippen molar-refractivity contribution in [3.05, 3.63) is 48.3 Å². The average molecular weight is 224 g/mol. The van der Waals surface area contributed by atoms with E-state index in [1.54, 1.807) is 6.20 Å². The van der Waals surface area contributed by atoms with E-state index in [0.717, 1.165) is 28.1 Å². The standard InChI is InChI=1S/C13H12N4/c1-9-7-11(13-12(15-9)8-14-17-13)16-10-5-3-2-4-6-10/h2-8H,1H3,(H,14,17)(H,15,16). The molecule has 0 saturated heterocycles. The summed E-state index contributed by atoms with van der Waals surface area (Å²) >= 11 is 0. The van der Waals surface area contributed by atoms with Crippen molar-refractivity contribution in [3.63, 3.8) is 0 Å². The molecule has 0 saturated carbocycles. The van der Waals surface area contributed by atoms with Gasteiger partial charge >= 0.3 is 0 Å². The third-order valence-corrected chi connectivity index (χ3v) is 2.59. The van der Waals surface area contributed by atoms with Gasteiger partial charge in [-0.2, -0.15) is 5.10 Å². The number of para-hydroxylation sites is 1. The molecule has 17 heavy (non-hydrogen) atoms. The zero-order chi connectivity index (χ0) is 11.7. The number of H-pyrrole nitrogens is 1. The summed E-state index contributed by atoms with van der Waals surface area (Å²) in [6.07, 6.45) is 1.73. The van der Waals surface area contributed by atoms with Gasteiger partial charge in [-0.15, -0.1) is 0 Å². The van der Waals surface area contributed by atoms with Gasteiger partial charge in [-0.1, -0.05) is 18.2 Å². The van der Waals surface area contributed by atoms with Gasteiger partial charge in [0.05, 0.1) is 11.9 Å². The van der Waals surface area contributed by atoms with Crippen molar-refractivity contribution < 1.29 is 0 Å². The van der Waals surface area contributed by atoms with Crippen molar-refractivity contribution in [1.29, 1.82) is 0 Å². The fraction of sp³-hybridized carbons (Fsp3) is 0.0769. The number of nitrogens with one attached hydrogen (secondary N) is 2. The molecule has 0 aliphatic carbocycles. The fourth-order valence-electron chi connectivity index (χ4n) is 1.84. The largest absolute Gasteiger partial charge is 0.354 e. The molecular formula is C13H12N4. The smallest absolute Gasteiger partial charge is 0.110 e. The van der Waals surface area contributed by atoms with E-state index < -0.39 is 0 Å². The zero-order valence-electron chi connectivity index (χ0n) is 9.44. The predicted octanol–water partition coefficient (Wildman–Crippen LogP) is 3.01. The molecule has 0 amide bonds. The highest BCUT2D eigenvalue weighted by Crippen LogP contribution is 2.24. The molecule has 0 atom stereocenters. The van der Waals surface area contributed by atoms with Crippen LogP contribution in [0.4, 0.5) is 11.4 Å². The van der Waals surface area contributed by atoms with Crippen molar-refractivity contribution in [2.45, 2.75) is 6.92 Å². The molecule has 0 fully saturated rings. The summed E-state index contributed by atoms with van der Waals surface area (Å²) in [7, 11) is 0. The molecule has 4 nitrogen and oxygen atoms in total. The molecule has 2 heterocycles. The number of anilines is 2. The number of fused-ring (bicyclic) bond motifs is 1. The molecule has 0 bridgehead atoms. The van der Waals surface area contributed by atoms with Crippen molar-refractivity contribution in [2.24, 2.45) is 0 Å². The number of hydrogen-bond donors (Lipinski definition) is 2. The molecule has 0 aliphatic rings. The summed E-state index contributed by atoms with van der Waals surface area (Å²) in [5, 5.41) is 10.3. The highest BCUT2D eigenvalue weighted by molar-refractivity contribution is 5.89. The summed E-state index contributed by atoms with van der Waals surface area (Å²) in [6, 6.07) is 12.1. The average Bonchev–Trinajstić information content (AvgIpc) is 2.78. The predicted molar refractivity (Wildman–Crippen MR) is 68.4 cm³/mol. The van der Waals surface area contributed by atoms with Gasteiger partial charge in [-0.05, 0) is 25.1 Å². The molecule has 1 aromatic carbocycles. The molecule has 0 aliphatic heterocycles. The van der Waals surface area contributed by atoms with Gasteiger partial charge in [-0.3, -0.25) is 5.10 Å². The lowest BCUT2D eigenvalue weighted by Crippen LogP contribution is -1.93. The normalized spacial score (nSPS) is 10.6. The maximum Gasteiger partial charge on any atom is 0.110 e. The molecule has 0 radical (unpaired) electrons. The van der Waals surface area contributed by atoms with Crippen molar-refractivity contribution >= 4 is 22.4 Å². The van der Waals surface area contributed by atoms with Crippen LogP contribution in [-0.2, 0) is 0 Å². The first-order valence-electron chi connectivity index (χ1n) is 5.46. The number of pyridine rings is 1. The molecule has 0 unspecified atom stereocenters. The van der Waals surface area contributed by atoms with Gasteiger partial charge in [0.15, 0.2) is 0 Å². The minimum Gasteiger partial charge on any atom is -0.354 e. The van der Waals surface area contributed by atoms with E-state index in [1.165, 1.54) is 0 Å². The molecular weight excluding hydrogens is 212 g/mol. The van der Waals surface area contributed by atoms with Gasteiger partial charge in [-0.25, -0.2) is 4.98 Å². The Balaban J connectivity index is 2.08. The van der Waals surface area contributed by atoms with Crippen LogP contribution in [0, 0.1) is 6.92 Å². The Morgan fingerprint density at radius 3 is 2.82 bits per heavy atom. The van der Waals surface area contributed by atoms with E-state index >= 15 is 0 Å². The molecule has 2 aromatic heterocycles. The topological polar surface area (TPSA) is 53.6 Å². The fourth-order valence-corrected chi connectivity index (χ4v) is 1.84. The second kappa shape index (κ2) is 3.90. The number of hydrogen-bond acceptors (Lipinski definition) is 3. The zero-order valence-corrected chi connectivity index (χ0v) is 9.44. The number of aromatic nitrogens is 3. The van der Waals surface area contributed by atoms with Crippen molar-refractivity contribution in [3.8, 4) is 0 Å². The number of rotatable bonds is 2. The Bertz CT molecular complexity index is 643. The second-order valence-electron chi connectivity index (χ2n) is 3.93. The number of nitrogens with zero attached hydrogens (tertiary/aromatic N) is 2. The SMILES string of the molecule is Cc1cc(Nc2ccccc2)c2[nH]ncc2n1. The van der Waals surface area contributed by atoms with Crippen LogP contribution in [0.1, 0.15) is 5.69 Å². The quantitative estimate of drug-likeness (QED) is 0.703. The van der Waals surface area contributed by atoms with Gasteiger partial charge in [0, 0.05) is 11.4 Å². The summed E-state index contributed by atoms with van der Waals surface area (Å²) < 4.78 is 0. The molecule has 3 rings (SSSR count). The van der Waals surface area contributed by atoms with Gasteiger partial charge in [0.2, 0.25) is 0 Å². The van der Waals surface area contributed by atoms with Crippen LogP contribution in [-0.4, -0.2) is 15.2 Å². The van der Waals surface area contributed by atoms with Gasteiger partial charge < -0.3 is 5.32 Å². The second-order valence-corrected chi connectivity index (χ2v) is 3.93. The third kappa shape index (κ3) is 1.85. The Morgan fingerprint density at radius 1 is 1.18 bits per heavy atom. The first-order valence-corrected chi connectivity index (χ1v) is 5.46. The summed E-state index contributed by atoms with van der Waals surface area (Å²) in [4.78, 5) is 4.40. The Hall–Kier alpha value is -2.36. The monoisotopic (exact) mass is 224 g/mol. The first kappa shape index (κ1) is 9.84. The first-order chi connectivity index (χ1) is 8.33. The van der Waals surface area contributed by atoms with Crippen LogP contribution in [0.5, 0.6) is 0 Å². The van der Waals surface area contributed by atoms with E-state index in [1.807, 2.05) is 43.3 Å². The van der Waals surface area contributed by atoms with E-state index in [4.69, 9.17) is 0 Å². The maximum atomic E-state index is 4.40. The van der Waals surface area contributed by atoms with E-state index in [9.17, 15) is 0 Å². The van der Waals surface area contributed by atoms with E-state index in [-0.39, 0.29) is 0 Å². The van der Waals surface area contributed by atoms with Crippen LogP contribution in [0.3, 0.4) is 0 Å². The lowest BCUT2D eigenvalue weighted by molar-refractivity contribution is 1.12. The van der Waals surface area contributed by atoms with Crippen LogP contribution in [0.15, 0.2) is 42.6 Å². The lowest BCUT2D eigenvalue weighted by Gasteiger charge is -2.07. The number of benzene rings is 1.